The molecule has 1 heterocycles. The zero-order valence-corrected chi connectivity index (χ0v) is 22.3. The van der Waals surface area contributed by atoms with Gasteiger partial charge in [-0.25, -0.2) is 13.1 Å². The maximum absolute atomic E-state index is 12.7. The minimum Gasteiger partial charge on any atom is -0.493 e. The largest absolute Gasteiger partial charge is 0.493 e. The summed E-state index contributed by atoms with van der Waals surface area (Å²) in [4.78, 5) is 50.8. The number of nitrogens with zero attached hydrogens (tertiary/aromatic N) is 1. The molecule has 3 amide bonds. The second-order valence-electron chi connectivity index (χ2n) is 8.16. The number of pyridine rings is 1. The van der Waals surface area contributed by atoms with Gasteiger partial charge in [-0.2, -0.15) is 0 Å². The lowest BCUT2D eigenvalue weighted by Crippen LogP contribution is -2.31. The minimum absolute atomic E-state index is 0.149. The van der Waals surface area contributed by atoms with E-state index in [1.165, 1.54) is 44.6 Å². The van der Waals surface area contributed by atoms with Crippen molar-refractivity contribution in [3.05, 3.63) is 83.2 Å². The number of hydrogen-bond acceptors (Lipinski definition) is 9. The second-order valence-corrected chi connectivity index (χ2v) is 9.85. The monoisotopic (exact) mass is 570 g/mol. The fourth-order valence-corrected chi connectivity index (χ4v) is 4.37. The molecule has 2 aromatic carbocycles. The van der Waals surface area contributed by atoms with Crippen molar-refractivity contribution in [3.63, 3.8) is 0 Å². The van der Waals surface area contributed by atoms with Crippen LogP contribution in [0.3, 0.4) is 0 Å². The molecular formula is C26H26N4O9S. The number of methoxy groups -OCH3 is 2. The van der Waals surface area contributed by atoms with Gasteiger partial charge in [0.25, 0.3) is 27.7 Å². The van der Waals surface area contributed by atoms with Crippen molar-refractivity contribution in [3.8, 4) is 11.5 Å². The Kier molecular flexibility index (Phi) is 9.76. The van der Waals surface area contributed by atoms with Crippen molar-refractivity contribution < 1.29 is 42.2 Å². The van der Waals surface area contributed by atoms with Crippen LogP contribution in [-0.4, -0.2) is 69.5 Å². The quantitative estimate of drug-likeness (QED) is 0.244. The summed E-state index contributed by atoms with van der Waals surface area (Å²) in [6.07, 6.45) is 1.50. The molecule has 0 radical (unpaired) electrons. The number of aliphatic carboxylic acids is 1. The summed E-state index contributed by atoms with van der Waals surface area (Å²) in [7, 11) is -1.22. The molecule has 14 heteroatoms. The predicted molar refractivity (Wildman–Crippen MR) is 141 cm³/mol. The Bertz CT molecular complexity index is 1510. The van der Waals surface area contributed by atoms with Gasteiger partial charge in [0.15, 0.2) is 11.5 Å². The fourth-order valence-electron chi connectivity index (χ4n) is 3.39. The molecule has 4 N–H and O–H groups in total. The normalized spacial score (nSPS) is 10.8. The summed E-state index contributed by atoms with van der Waals surface area (Å²) in [5.74, 6) is -2.26. The van der Waals surface area contributed by atoms with E-state index >= 15 is 0 Å². The number of amides is 3. The van der Waals surface area contributed by atoms with Crippen LogP contribution >= 0.6 is 0 Å². The molecule has 0 fully saturated rings. The number of carbonyl (C=O) groups is 4. The zero-order valence-electron chi connectivity index (χ0n) is 21.5. The average Bonchev–Trinajstić information content (AvgIpc) is 2.95. The van der Waals surface area contributed by atoms with Gasteiger partial charge in [0, 0.05) is 18.3 Å². The van der Waals surface area contributed by atoms with Gasteiger partial charge in [-0.15, -0.1) is 0 Å². The molecule has 13 nitrogen and oxygen atoms in total. The molecule has 0 bridgehead atoms. The smallest absolute Gasteiger partial charge is 0.322 e. The lowest BCUT2D eigenvalue weighted by Gasteiger charge is -2.10. The molecule has 0 atom stereocenters. The third-order valence-corrected chi connectivity index (χ3v) is 6.81. The lowest BCUT2D eigenvalue weighted by molar-refractivity contribution is -0.135. The molecule has 1 aromatic heterocycles. The summed E-state index contributed by atoms with van der Waals surface area (Å²) < 4.78 is 37.7. The van der Waals surface area contributed by atoms with Gasteiger partial charge in [-0.3, -0.25) is 24.2 Å². The highest BCUT2D eigenvalue weighted by molar-refractivity contribution is 7.90. The van der Waals surface area contributed by atoms with Gasteiger partial charge in [0.05, 0.1) is 24.7 Å². The molecule has 0 aliphatic heterocycles. The standard InChI is InChI=1S/C26H26N4O9S/c1-38-21-10-3-16(13-22(21)39-2)11-12-27-24(33)17-4-7-19(8-5-17)40(36,37)30-25(34)18-6-9-20(28-14-18)26(35)29-15-23(31)32/h3-10,13-14H,11-12,15H2,1-2H3,(H,27,33)(H,29,35)(H,30,34)(H,31,32). The minimum atomic E-state index is -4.29. The molecular weight excluding hydrogens is 544 g/mol. The van der Waals surface area contributed by atoms with Crippen molar-refractivity contribution >= 4 is 33.7 Å². The summed E-state index contributed by atoms with van der Waals surface area (Å²) >= 11 is 0. The SMILES string of the molecule is COc1ccc(CCNC(=O)c2ccc(S(=O)(=O)NC(=O)c3ccc(C(=O)NCC(=O)O)nc3)cc2)cc1OC. The number of carboxylic acids is 1. The van der Waals surface area contributed by atoms with E-state index in [-0.39, 0.29) is 21.7 Å². The van der Waals surface area contributed by atoms with Crippen LogP contribution in [-0.2, 0) is 21.2 Å². The van der Waals surface area contributed by atoms with Crippen molar-refractivity contribution in [1.29, 1.82) is 0 Å². The highest BCUT2D eigenvalue weighted by atomic mass is 32.2. The maximum Gasteiger partial charge on any atom is 0.322 e. The lowest BCUT2D eigenvalue weighted by atomic mass is 10.1. The third kappa shape index (κ3) is 7.77. The van der Waals surface area contributed by atoms with E-state index in [9.17, 15) is 27.6 Å². The Morgan fingerprint density at radius 3 is 2.10 bits per heavy atom. The number of hydrogen-bond donors (Lipinski definition) is 4. The van der Waals surface area contributed by atoms with Crippen LogP contribution in [0.4, 0.5) is 0 Å². The van der Waals surface area contributed by atoms with Crippen LogP contribution < -0.4 is 24.8 Å². The van der Waals surface area contributed by atoms with Crippen molar-refractivity contribution in [2.75, 3.05) is 27.3 Å². The topological polar surface area (TPSA) is 190 Å². The Morgan fingerprint density at radius 1 is 0.825 bits per heavy atom. The Hall–Kier alpha value is -4.98. The van der Waals surface area contributed by atoms with Crippen LogP contribution in [0.5, 0.6) is 11.5 Å². The molecule has 0 saturated carbocycles. The Morgan fingerprint density at radius 2 is 1.50 bits per heavy atom. The summed E-state index contributed by atoms with van der Waals surface area (Å²) in [6.45, 7) is -0.292. The highest BCUT2D eigenvalue weighted by Gasteiger charge is 2.20. The van der Waals surface area contributed by atoms with E-state index < -0.39 is 40.3 Å². The summed E-state index contributed by atoms with van der Waals surface area (Å²) in [6, 6.07) is 12.8. The van der Waals surface area contributed by atoms with Gasteiger partial charge in [0.1, 0.15) is 12.2 Å². The first-order chi connectivity index (χ1) is 19.0. The first-order valence-electron chi connectivity index (χ1n) is 11.7. The van der Waals surface area contributed by atoms with E-state index in [2.05, 4.69) is 15.6 Å². The van der Waals surface area contributed by atoms with Crippen molar-refractivity contribution in [1.82, 2.24) is 20.3 Å². The Balaban J connectivity index is 1.56. The van der Waals surface area contributed by atoms with Crippen molar-refractivity contribution in [2.45, 2.75) is 11.3 Å². The van der Waals surface area contributed by atoms with E-state index in [1.807, 2.05) is 16.9 Å². The number of benzene rings is 2. The fraction of sp³-hybridized carbons (Fsp3) is 0.192. The number of nitrogens with one attached hydrogen (secondary N) is 3. The van der Waals surface area contributed by atoms with Gasteiger partial charge in [-0.1, -0.05) is 6.07 Å². The Labute approximate surface area is 229 Å². The molecule has 0 unspecified atom stereocenters. The molecule has 40 heavy (non-hydrogen) atoms. The van der Waals surface area contributed by atoms with Crippen molar-refractivity contribution in [2.24, 2.45) is 0 Å². The maximum atomic E-state index is 12.7. The van der Waals surface area contributed by atoms with Crippen LogP contribution in [0.1, 0.15) is 36.8 Å². The number of aromatic nitrogens is 1. The molecule has 0 aliphatic rings. The summed E-state index contributed by atoms with van der Waals surface area (Å²) in [5, 5.41) is 13.5. The predicted octanol–water partition coefficient (Wildman–Crippen LogP) is 1.00. The van der Waals surface area contributed by atoms with Gasteiger partial charge < -0.3 is 25.2 Å². The van der Waals surface area contributed by atoms with Crippen LogP contribution in [0.25, 0.3) is 0 Å². The number of sulfonamides is 1. The third-order valence-electron chi connectivity index (χ3n) is 5.46. The first-order valence-corrected chi connectivity index (χ1v) is 13.1. The van der Waals surface area contributed by atoms with Gasteiger partial charge in [-0.05, 0) is 60.5 Å². The van der Waals surface area contributed by atoms with Crippen LogP contribution in [0.15, 0.2) is 65.7 Å². The highest BCUT2D eigenvalue weighted by Crippen LogP contribution is 2.27. The molecule has 210 valence electrons. The number of carboxylic acid groups (broad SMARTS) is 1. The average molecular weight is 571 g/mol. The van der Waals surface area contributed by atoms with Crippen LogP contribution in [0, 0.1) is 0 Å². The number of ether oxygens (including phenoxy) is 2. The van der Waals surface area contributed by atoms with E-state index in [0.717, 1.165) is 17.8 Å². The molecule has 3 rings (SSSR count). The summed E-state index contributed by atoms with van der Waals surface area (Å²) in [5.41, 5.74) is 0.835. The van der Waals surface area contributed by atoms with Gasteiger partial charge >= 0.3 is 5.97 Å². The van der Waals surface area contributed by atoms with E-state index in [0.29, 0.717) is 24.5 Å². The molecule has 3 aromatic rings. The van der Waals surface area contributed by atoms with E-state index in [4.69, 9.17) is 14.6 Å². The zero-order chi connectivity index (χ0) is 29.3. The molecule has 0 saturated heterocycles. The number of rotatable bonds is 12. The van der Waals surface area contributed by atoms with Gasteiger partial charge in [0.2, 0.25) is 0 Å². The molecule has 0 aliphatic carbocycles. The first kappa shape index (κ1) is 29.6. The second kappa shape index (κ2) is 13.2. The van der Waals surface area contributed by atoms with E-state index in [1.54, 1.807) is 6.07 Å². The number of carbonyl (C=O) groups excluding carboxylic acids is 3. The van der Waals surface area contributed by atoms with Crippen LogP contribution in [0.2, 0.25) is 0 Å². The molecule has 0 spiro atoms.